The summed E-state index contributed by atoms with van der Waals surface area (Å²) in [5.74, 6) is 2.14. The molecule has 0 bridgehead atoms. The monoisotopic (exact) mass is 419 g/mol. The summed E-state index contributed by atoms with van der Waals surface area (Å²) in [6, 6.07) is 4.48. The maximum atomic E-state index is 5.97. The Kier molecular flexibility index (Phi) is 10.9. The van der Waals surface area contributed by atoms with Gasteiger partial charge in [0, 0.05) is 65.2 Å². The molecular formula is C23H41N5O2. The summed E-state index contributed by atoms with van der Waals surface area (Å²) in [5.41, 5.74) is 1.13. The van der Waals surface area contributed by atoms with Crippen LogP contribution >= 0.6 is 0 Å². The summed E-state index contributed by atoms with van der Waals surface area (Å²) < 4.78 is 11.1. The summed E-state index contributed by atoms with van der Waals surface area (Å²) >= 11 is 0. The van der Waals surface area contributed by atoms with Crippen molar-refractivity contribution in [2.45, 2.75) is 65.1 Å². The second-order valence-corrected chi connectivity index (χ2v) is 8.59. The lowest BCUT2D eigenvalue weighted by Crippen LogP contribution is -2.48. The highest BCUT2D eigenvalue weighted by Gasteiger charge is 2.19. The van der Waals surface area contributed by atoms with Crippen LogP contribution in [0.1, 0.15) is 52.0 Å². The first kappa shape index (κ1) is 24.4. The van der Waals surface area contributed by atoms with Gasteiger partial charge in [0.15, 0.2) is 5.96 Å². The van der Waals surface area contributed by atoms with Gasteiger partial charge < -0.3 is 25.0 Å². The van der Waals surface area contributed by atoms with Crippen molar-refractivity contribution in [1.82, 2.24) is 20.5 Å². The molecule has 2 rings (SSSR count). The molecule has 7 nitrogen and oxygen atoms in total. The van der Waals surface area contributed by atoms with Gasteiger partial charge in [-0.25, -0.2) is 4.98 Å². The SMILES string of the molecule is CN=C(NCc1ccnc(OC(C)CC(C)C)c1)NC1CCN(CCCOC)CC1. The molecule has 0 aliphatic carbocycles. The summed E-state index contributed by atoms with van der Waals surface area (Å²) in [5, 5.41) is 7.00. The largest absolute Gasteiger partial charge is 0.475 e. The normalized spacial score (nSPS) is 17.2. The zero-order valence-corrected chi connectivity index (χ0v) is 19.5. The van der Waals surface area contributed by atoms with Crippen molar-refractivity contribution in [2.24, 2.45) is 10.9 Å². The third-order valence-electron chi connectivity index (χ3n) is 5.36. The zero-order valence-electron chi connectivity index (χ0n) is 19.5. The molecule has 0 amide bonds. The molecule has 1 fully saturated rings. The second kappa shape index (κ2) is 13.4. The lowest BCUT2D eigenvalue weighted by molar-refractivity contribution is 0.155. The number of aromatic nitrogens is 1. The first-order valence-corrected chi connectivity index (χ1v) is 11.3. The topological polar surface area (TPSA) is 71.0 Å². The summed E-state index contributed by atoms with van der Waals surface area (Å²) in [6.45, 7) is 11.4. The van der Waals surface area contributed by atoms with Gasteiger partial charge in [0.05, 0.1) is 6.10 Å². The Labute approximate surface area is 182 Å². The fourth-order valence-electron chi connectivity index (χ4n) is 3.85. The maximum Gasteiger partial charge on any atom is 0.213 e. The molecule has 1 unspecified atom stereocenters. The highest BCUT2D eigenvalue weighted by Crippen LogP contribution is 2.15. The van der Waals surface area contributed by atoms with Gasteiger partial charge >= 0.3 is 0 Å². The minimum atomic E-state index is 0.163. The lowest BCUT2D eigenvalue weighted by atomic mass is 10.1. The third kappa shape index (κ3) is 9.30. The number of hydrogen-bond donors (Lipinski definition) is 2. The number of nitrogens with one attached hydrogen (secondary N) is 2. The van der Waals surface area contributed by atoms with Crippen molar-refractivity contribution < 1.29 is 9.47 Å². The third-order valence-corrected chi connectivity index (χ3v) is 5.36. The molecular weight excluding hydrogens is 378 g/mol. The predicted octanol–water partition coefficient (Wildman–Crippen LogP) is 3.06. The molecule has 1 saturated heterocycles. The smallest absolute Gasteiger partial charge is 0.213 e. The first-order valence-electron chi connectivity index (χ1n) is 11.3. The number of hydrogen-bond acceptors (Lipinski definition) is 5. The van der Waals surface area contributed by atoms with Crippen LogP contribution in [0, 0.1) is 5.92 Å². The molecule has 0 spiro atoms. The van der Waals surface area contributed by atoms with E-state index >= 15 is 0 Å². The molecule has 1 aliphatic rings. The van der Waals surface area contributed by atoms with Crippen molar-refractivity contribution in [3.63, 3.8) is 0 Å². The Morgan fingerprint density at radius 2 is 2.07 bits per heavy atom. The molecule has 0 aromatic carbocycles. The molecule has 1 aliphatic heterocycles. The van der Waals surface area contributed by atoms with E-state index in [2.05, 4.69) is 46.3 Å². The van der Waals surface area contributed by atoms with Crippen LogP contribution in [0.4, 0.5) is 0 Å². The van der Waals surface area contributed by atoms with Crippen LogP contribution in [0.25, 0.3) is 0 Å². The van der Waals surface area contributed by atoms with Crippen LogP contribution in [0.15, 0.2) is 23.3 Å². The molecule has 2 N–H and O–H groups in total. The molecule has 7 heteroatoms. The molecule has 2 heterocycles. The van der Waals surface area contributed by atoms with E-state index in [1.807, 2.05) is 25.4 Å². The van der Waals surface area contributed by atoms with Crippen molar-refractivity contribution in [2.75, 3.05) is 40.4 Å². The Balaban J connectivity index is 1.75. The molecule has 1 atom stereocenters. The molecule has 30 heavy (non-hydrogen) atoms. The fourth-order valence-corrected chi connectivity index (χ4v) is 3.85. The van der Waals surface area contributed by atoms with E-state index in [9.17, 15) is 0 Å². The number of rotatable bonds is 11. The molecule has 0 radical (unpaired) electrons. The standard InChI is InChI=1S/C23H41N5O2/c1-18(2)15-19(3)30-22-16-20(7-10-25-22)17-26-23(24-4)27-21-8-12-28(13-9-21)11-6-14-29-5/h7,10,16,18-19,21H,6,8-9,11-15,17H2,1-5H3,(H2,24,26,27). The highest BCUT2D eigenvalue weighted by atomic mass is 16.5. The number of piperidine rings is 1. The van der Waals surface area contributed by atoms with Crippen molar-refractivity contribution in [3.8, 4) is 5.88 Å². The molecule has 1 aromatic rings. The highest BCUT2D eigenvalue weighted by molar-refractivity contribution is 5.79. The van der Waals surface area contributed by atoms with Crippen LogP contribution in [-0.2, 0) is 11.3 Å². The fraction of sp³-hybridized carbons (Fsp3) is 0.739. The van der Waals surface area contributed by atoms with Gasteiger partial charge in [-0.05, 0) is 50.2 Å². The summed E-state index contributed by atoms with van der Waals surface area (Å²) in [4.78, 5) is 11.3. The zero-order chi connectivity index (χ0) is 21.8. The predicted molar refractivity (Wildman–Crippen MR) is 123 cm³/mol. The summed E-state index contributed by atoms with van der Waals surface area (Å²) in [6.07, 6.45) is 6.36. The van der Waals surface area contributed by atoms with Crippen LogP contribution in [0.3, 0.4) is 0 Å². The Hall–Kier alpha value is -1.86. The Morgan fingerprint density at radius 3 is 2.73 bits per heavy atom. The second-order valence-electron chi connectivity index (χ2n) is 8.59. The van der Waals surface area contributed by atoms with Gasteiger partial charge in [0.25, 0.3) is 0 Å². The van der Waals surface area contributed by atoms with E-state index in [0.29, 0.717) is 24.4 Å². The van der Waals surface area contributed by atoms with Gasteiger partial charge in [0.1, 0.15) is 0 Å². The average Bonchev–Trinajstić information content (AvgIpc) is 2.72. The number of likely N-dealkylation sites (tertiary alicyclic amines) is 1. The summed E-state index contributed by atoms with van der Waals surface area (Å²) in [7, 11) is 3.59. The van der Waals surface area contributed by atoms with Gasteiger partial charge in [0.2, 0.25) is 5.88 Å². The van der Waals surface area contributed by atoms with Gasteiger partial charge in [-0.3, -0.25) is 4.99 Å². The Bertz CT molecular complexity index is 630. The van der Waals surface area contributed by atoms with Crippen molar-refractivity contribution in [1.29, 1.82) is 0 Å². The number of nitrogens with zero attached hydrogens (tertiary/aromatic N) is 3. The van der Waals surface area contributed by atoms with E-state index in [1.54, 1.807) is 7.11 Å². The van der Waals surface area contributed by atoms with Crippen LogP contribution in [0.2, 0.25) is 0 Å². The minimum Gasteiger partial charge on any atom is -0.475 e. The number of pyridine rings is 1. The van der Waals surface area contributed by atoms with Gasteiger partial charge in [-0.15, -0.1) is 0 Å². The van der Waals surface area contributed by atoms with Crippen LogP contribution in [-0.4, -0.2) is 68.4 Å². The Morgan fingerprint density at radius 1 is 1.30 bits per heavy atom. The number of methoxy groups -OCH3 is 1. The van der Waals surface area contributed by atoms with Crippen LogP contribution in [0.5, 0.6) is 5.88 Å². The number of aliphatic imine (C=N–C) groups is 1. The quantitative estimate of drug-likeness (QED) is 0.326. The van der Waals surface area contributed by atoms with Crippen LogP contribution < -0.4 is 15.4 Å². The molecule has 0 saturated carbocycles. The molecule has 170 valence electrons. The maximum absolute atomic E-state index is 5.97. The number of ether oxygens (including phenoxy) is 2. The average molecular weight is 420 g/mol. The molecule has 1 aromatic heterocycles. The van der Waals surface area contributed by atoms with E-state index < -0.39 is 0 Å². The van der Waals surface area contributed by atoms with Crippen molar-refractivity contribution in [3.05, 3.63) is 23.9 Å². The van der Waals surface area contributed by atoms with E-state index in [-0.39, 0.29) is 6.10 Å². The van der Waals surface area contributed by atoms with E-state index in [4.69, 9.17) is 9.47 Å². The van der Waals surface area contributed by atoms with Crippen molar-refractivity contribution >= 4 is 5.96 Å². The van der Waals surface area contributed by atoms with Gasteiger partial charge in [-0.2, -0.15) is 0 Å². The van der Waals surface area contributed by atoms with E-state index in [0.717, 1.165) is 63.4 Å². The number of guanidine groups is 1. The first-order chi connectivity index (χ1) is 14.5. The van der Waals surface area contributed by atoms with Gasteiger partial charge in [-0.1, -0.05) is 13.8 Å². The minimum absolute atomic E-state index is 0.163. The van der Waals surface area contributed by atoms with E-state index in [1.165, 1.54) is 0 Å². The lowest BCUT2D eigenvalue weighted by Gasteiger charge is -2.33.